The molecule has 0 amide bonds. The van der Waals surface area contributed by atoms with Crippen LogP contribution in [-0.2, 0) is 0 Å². The Labute approximate surface area is 86.7 Å². The molecule has 1 aliphatic heterocycles. The Balaban J connectivity index is 2.72. The summed E-state index contributed by atoms with van der Waals surface area (Å²) in [5.41, 5.74) is 12.1. The minimum atomic E-state index is 0.102. The molecule has 15 heavy (non-hydrogen) atoms. The number of fused-ring (bicyclic) bond motifs is 1. The molecule has 1 aliphatic rings. The molecule has 0 spiro atoms. The second-order valence-electron chi connectivity index (χ2n) is 2.96. The van der Waals surface area contributed by atoms with Crippen molar-refractivity contribution in [2.75, 3.05) is 32.5 Å². The summed E-state index contributed by atoms with van der Waals surface area (Å²) in [5, 5.41) is 0. The van der Waals surface area contributed by atoms with Crippen LogP contribution >= 0.6 is 0 Å². The van der Waals surface area contributed by atoms with E-state index in [4.69, 9.17) is 30.4 Å². The largest absolute Gasteiger partial charge is 0.491 e. The maximum absolute atomic E-state index is 5.78. The quantitative estimate of drug-likeness (QED) is 0.698. The molecule has 0 atom stereocenters. The predicted octanol–water partition coefficient (Wildman–Crippen LogP) is 0.597. The van der Waals surface area contributed by atoms with E-state index in [1.165, 1.54) is 14.2 Å². The van der Waals surface area contributed by atoms with Gasteiger partial charge in [0.05, 0.1) is 14.2 Å². The van der Waals surface area contributed by atoms with Crippen LogP contribution in [0.4, 0.5) is 11.4 Å². The summed E-state index contributed by atoms with van der Waals surface area (Å²) in [7, 11) is 2.97. The number of hydrogen-bond donors (Lipinski definition) is 2. The molecule has 0 unspecified atom stereocenters. The number of methoxy groups -OCH3 is 2. The Morgan fingerprint density at radius 1 is 0.933 bits per heavy atom. The van der Waals surface area contributed by atoms with Crippen molar-refractivity contribution in [2.45, 2.75) is 0 Å². The van der Waals surface area contributed by atoms with Crippen molar-refractivity contribution in [1.29, 1.82) is 0 Å². The molecule has 2 rings (SSSR count). The van der Waals surface area contributed by atoms with Crippen molar-refractivity contribution < 1.29 is 18.9 Å². The Kier molecular flexibility index (Phi) is 2.11. The molecular weight excluding hydrogens is 200 g/mol. The summed E-state index contributed by atoms with van der Waals surface area (Å²) in [4.78, 5) is 0. The number of nitrogens with two attached hydrogens (primary N) is 2. The molecule has 4 N–H and O–H groups in total. The normalized spacial score (nSPS) is 12.7. The van der Waals surface area contributed by atoms with E-state index in [2.05, 4.69) is 0 Å². The molecule has 0 saturated heterocycles. The minimum Gasteiger partial charge on any atom is -0.491 e. The SMILES string of the molecule is COc1c(N)c(N)c(OC)c2c1OCO2. The van der Waals surface area contributed by atoms with Crippen molar-refractivity contribution in [3.8, 4) is 23.0 Å². The number of nitrogen functional groups attached to an aromatic ring is 2. The van der Waals surface area contributed by atoms with Crippen LogP contribution in [-0.4, -0.2) is 21.0 Å². The minimum absolute atomic E-state index is 0.102. The summed E-state index contributed by atoms with van der Waals surface area (Å²) in [6.45, 7) is 0.102. The summed E-state index contributed by atoms with van der Waals surface area (Å²) >= 11 is 0. The van der Waals surface area contributed by atoms with E-state index in [0.29, 0.717) is 34.4 Å². The first kappa shape index (κ1) is 9.57. The smallest absolute Gasteiger partial charge is 0.231 e. The van der Waals surface area contributed by atoms with Gasteiger partial charge in [0.25, 0.3) is 0 Å². The van der Waals surface area contributed by atoms with Gasteiger partial charge in [0.1, 0.15) is 11.4 Å². The van der Waals surface area contributed by atoms with Crippen LogP contribution in [0.1, 0.15) is 0 Å². The molecule has 82 valence electrons. The van der Waals surface area contributed by atoms with E-state index >= 15 is 0 Å². The number of hydrogen-bond acceptors (Lipinski definition) is 6. The van der Waals surface area contributed by atoms with Crippen molar-refractivity contribution in [1.82, 2.24) is 0 Å². The predicted molar refractivity (Wildman–Crippen MR) is 54.5 cm³/mol. The lowest BCUT2D eigenvalue weighted by molar-refractivity contribution is 0.169. The summed E-state index contributed by atoms with van der Waals surface area (Å²) in [6, 6.07) is 0. The Hall–Kier alpha value is -1.98. The van der Waals surface area contributed by atoms with E-state index in [0.717, 1.165) is 0 Å². The van der Waals surface area contributed by atoms with Gasteiger partial charge in [-0.25, -0.2) is 0 Å². The highest BCUT2D eigenvalue weighted by Gasteiger charge is 2.29. The van der Waals surface area contributed by atoms with Crippen LogP contribution in [0.3, 0.4) is 0 Å². The molecule has 0 aromatic heterocycles. The summed E-state index contributed by atoms with van der Waals surface area (Å²) < 4.78 is 20.7. The van der Waals surface area contributed by atoms with Crippen molar-refractivity contribution >= 4 is 11.4 Å². The fourth-order valence-corrected chi connectivity index (χ4v) is 1.51. The zero-order valence-electron chi connectivity index (χ0n) is 8.49. The van der Waals surface area contributed by atoms with Gasteiger partial charge in [-0.1, -0.05) is 0 Å². The van der Waals surface area contributed by atoms with E-state index in [-0.39, 0.29) is 6.79 Å². The molecular formula is C9H12N2O4. The second-order valence-corrected chi connectivity index (χ2v) is 2.96. The van der Waals surface area contributed by atoms with E-state index in [9.17, 15) is 0 Å². The molecule has 0 radical (unpaired) electrons. The fourth-order valence-electron chi connectivity index (χ4n) is 1.51. The van der Waals surface area contributed by atoms with E-state index in [1.54, 1.807) is 0 Å². The third kappa shape index (κ3) is 1.18. The van der Waals surface area contributed by atoms with Crippen LogP contribution in [0.5, 0.6) is 23.0 Å². The highest BCUT2D eigenvalue weighted by molar-refractivity contribution is 5.86. The molecule has 1 aromatic rings. The van der Waals surface area contributed by atoms with Crippen LogP contribution < -0.4 is 30.4 Å². The third-order valence-corrected chi connectivity index (χ3v) is 2.21. The van der Waals surface area contributed by atoms with Gasteiger partial charge in [0.2, 0.25) is 18.3 Å². The van der Waals surface area contributed by atoms with Gasteiger partial charge in [-0.15, -0.1) is 0 Å². The van der Waals surface area contributed by atoms with Gasteiger partial charge in [-0.3, -0.25) is 0 Å². The van der Waals surface area contributed by atoms with Crippen molar-refractivity contribution in [3.05, 3.63) is 0 Å². The summed E-state index contributed by atoms with van der Waals surface area (Å²) in [6.07, 6.45) is 0. The number of benzene rings is 1. The Bertz CT molecular complexity index is 369. The standard InChI is InChI=1S/C9H12N2O4/c1-12-6-4(10)5(11)7(13-2)9-8(6)14-3-15-9/h3,10-11H2,1-2H3. The maximum Gasteiger partial charge on any atom is 0.231 e. The number of ether oxygens (including phenoxy) is 4. The number of rotatable bonds is 2. The Morgan fingerprint density at radius 3 is 1.67 bits per heavy atom. The first-order chi connectivity index (χ1) is 7.20. The van der Waals surface area contributed by atoms with E-state index in [1.807, 2.05) is 0 Å². The van der Waals surface area contributed by atoms with E-state index < -0.39 is 0 Å². The fraction of sp³-hybridized carbons (Fsp3) is 0.333. The average molecular weight is 212 g/mol. The van der Waals surface area contributed by atoms with Crippen LogP contribution in [0.15, 0.2) is 0 Å². The zero-order chi connectivity index (χ0) is 11.0. The van der Waals surface area contributed by atoms with Gasteiger partial charge in [0, 0.05) is 0 Å². The molecule has 0 saturated carbocycles. The summed E-state index contributed by atoms with van der Waals surface area (Å²) in [5.74, 6) is 1.61. The van der Waals surface area contributed by atoms with Crippen molar-refractivity contribution in [2.24, 2.45) is 0 Å². The van der Waals surface area contributed by atoms with Crippen LogP contribution in [0.2, 0.25) is 0 Å². The lowest BCUT2D eigenvalue weighted by Gasteiger charge is -2.14. The topological polar surface area (TPSA) is 89.0 Å². The lowest BCUT2D eigenvalue weighted by Crippen LogP contribution is -2.02. The zero-order valence-corrected chi connectivity index (χ0v) is 8.49. The molecule has 6 heteroatoms. The molecule has 1 heterocycles. The molecule has 1 aromatic carbocycles. The second kappa shape index (κ2) is 3.30. The molecule has 0 bridgehead atoms. The monoisotopic (exact) mass is 212 g/mol. The average Bonchev–Trinajstić information content (AvgIpc) is 2.69. The maximum atomic E-state index is 5.78. The Morgan fingerprint density at radius 2 is 1.33 bits per heavy atom. The van der Waals surface area contributed by atoms with Gasteiger partial charge in [-0.2, -0.15) is 0 Å². The van der Waals surface area contributed by atoms with Crippen LogP contribution in [0, 0.1) is 0 Å². The van der Waals surface area contributed by atoms with Gasteiger partial charge < -0.3 is 30.4 Å². The van der Waals surface area contributed by atoms with Crippen LogP contribution in [0.25, 0.3) is 0 Å². The molecule has 0 fully saturated rings. The van der Waals surface area contributed by atoms with Crippen molar-refractivity contribution in [3.63, 3.8) is 0 Å². The first-order valence-electron chi connectivity index (χ1n) is 4.29. The lowest BCUT2D eigenvalue weighted by atomic mass is 10.2. The molecule has 6 nitrogen and oxygen atoms in total. The highest BCUT2D eigenvalue weighted by Crippen LogP contribution is 2.54. The molecule has 0 aliphatic carbocycles. The van der Waals surface area contributed by atoms with Gasteiger partial charge in [0.15, 0.2) is 11.5 Å². The number of anilines is 2. The highest BCUT2D eigenvalue weighted by atomic mass is 16.7. The third-order valence-electron chi connectivity index (χ3n) is 2.21. The van der Waals surface area contributed by atoms with Gasteiger partial charge in [-0.05, 0) is 0 Å². The first-order valence-corrected chi connectivity index (χ1v) is 4.29. The van der Waals surface area contributed by atoms with Gasteiger partial charge >= 0.3 is 0 Å².